The first-order chi connectivity index (χ1) is 9.45. The first-order valence-electron chi connectivity index (χ1n) is 6.18. The number of carboxylic acid groups (broad SMARTS) is 1. The van der Waals surface area contributed by atoms with Crippen LogP contribution < -0.4 is 4.72 Å². The molecule has 1 aromatic heterocycles. The van der Waals surface area contributed by atoms with Crippen LogP contribution in [-0.4, -0.2) is 49.5 Å². The number of nitrogens with zero attached hydrogens (tertiary/aromatic N) is 2. The summed E-state index contributed by atoms with van der Waals surface area (Å²) in [5.74, 6) is -1.08. The molecule has 0 fully saturated rings. The minimum atomic E-state index is -3.63. The molecular formula is C11H19N3O5S. The van der Waals surface area contributed by atoms with Crippen molar-refractivity contribution in [3.63, 3.8) is 0 Å². The molecule has 0 spiro atoms. The van der Waals surface area contributed by atoms with Gasteiger partial charge in [-0.3, -0.25) is 9.48 Å². The van der Waals surface area contributed by atoms with Gasteiger partial charge >= 0.3 is 5.97 Å². The average Bonchev–Trinajstić information content (AvgIpc) is 2.82. The first-order valence-corrected chi connectivity index (χ1v) is 7.67. The highest BCUT2D eigenvalue weighted by Gasteiger charge is 2.16. The number of sulfonamides is 1. The van der Waals surface area contributed by atoms with Gasteiger partial charge in [0.2, 0.25) is 10.0 Å². The molecule has 0 aromatic carbocycles. The highest BCUT2D eigenvalue weighted by Crippen LogP contribution is 2.07. The number of aromatic nitrogens is 2. The maximum absolute atomic E-state index is 11.9. The normalized spacial score (nSPS) is 11.7. The Hall–Kier alpha value is -1.45. The van der Waals surface area contributed by atoms with Crippen LogP contribution in [-0.2, 0) is 26.1 Å². The molecule has 9 heteroatoms. The van der Waals surface area contributed by atoms with Crippen LogP contribution in [0, 0.1) is 0 Å². The van der Waals surface area contributed by atoms with E-state index in [2.05, 4.69) is 9.82 Å². The second kappa shape index (κ2) is 7.98. The largest absolute Gasteiger partial charge is 0.480 e. The Balaban J connectivity index is 2.43. The number of unbranched alkanes of at least 4 members (excludes halogenated alkanes) is 2. The standard InChI is InChI=1S/C11H19N3O5S/c1-19-6-4-2-3-5-13-20(17,18)10-7-12-14(8-10)9-11(15)16/h7-8,13H,2-6,9H2,1H3,(H,15,16). The van der Waals surface area contributed by atoms with Crippen LogP contribution in [0.5, 0.6) is 0 Å². The first kappa shape index (κ1) is 16.6. The monoisotopic (exact) mass is 305 g/mol. The highest BCUT2D eigenvalue weighted by molar-refractivity contribution is 7.89. The van der Waals surface area contributed by atoms with Crippen molar-refractivity contribution >= 4 is 16.0 Å². The Labute approximate surface area is 117 Å². The predicted molar refractivity (Wildman–Crippen MR) is 70.8 cm³/mol. The summed E-state index contributed by atoms with van der Waals surface area (Å²) in [6, 6.07) is 0. The van der Waals surface area contributed by atoms with Crippen LogP contribution >= 0.6 is 0 Å². The maximum atomic E-state index is 11.9. The summed E-state index contributed by atoms with van der Waals surface area (Å²) in [7, 11) is -2.00. The van der Waals surface area contributed by atoms with Crippen LogP contribution in [0.4, 0.5) is 0 Å². The number of methoxy groups -OCH3 is 1. The van der Waals surface area contributed by atoms with Gasteiger partial charge in [-0.05, 0) is 19.3 Å². The van der Waals surface area contributed by atoms with Gasteiger partial charge in [0.25, 0.3) is 0 Å². The van der Waals surface area contributed by atoms with Crippen LogP contribution in [0.3, 0.4) is 0 Å². The number of hydrogen-bond donors (Lipinski definition) is 2. The smallest absolute Gasteiger partial charge is 0.325 e. The Morgan fingerprint density at radius 3 is 2.85 bits per heavy atom. The van der Waals surface area contributed by atoms with Gasteiger partial charge in [-0.25, -0.2) is 13.1 Å². The number of rotatable bonds is 10. The van der Waals surface area contributed by atoms with E-state index in [9.17, 15) is 13.2 Å². The quantitative estimate of drug-likeness (QED) is 0.592. The van der Waals surface area contributed by atoms with E-state index in [1.807, 2.05) is 0 Å². The zero-order chi connectivity index (χ0) is 15.0. The summed E-state index contributed by atoms with van der Waals surface area (Å²) in [5.41, 5.74) is 0. The zero-order valence-electron chi connectivity index (χ0n) is 11.3. The van der Waals surface area contributed by atoms with Crippen LogP contribution in [0.2, 0.25) is 0 Å². The zero-order valence-corrected chi connectivity index (χ0v) is 12.1. The SMILES string of the molecule is COCCCCCNS(=O)(=O)c1cnn(CC(=O)O)c1. The van der Waals surface area contributed by atoms with E-state index in [0.29, 0.717) is 19.6 Å². The molecule has 0 saturated heterocycles. The second-order valence-corrected chi connectivity index (χ2v) is 5.99. The van der Waals surface area contributed by atoms with Crippen LogP contribution in [0.15, 0.2) is 17.3 Å². The lowest BCUT2D eigenvalue weighted by molar-refractivity contribution is -0.137. The molecule has 8 nitrogen and oxygen atoms in total. The average molecular weight is 305 g/mol. The fourth-order valence-corrected chi connectivity index (χ4v) is 2.57. The van der Waals surface area contributed by atoms with E-state index < -0.39 is 16.0 Å². The van der Waals surface area contributed by atoms with E-state index >= 15 is 0 Å². The topological polar surface area (TPSA) is 111 Å². The summed E-state index contributed by atoms with van der Waals surface area (Å²) in [6.45, 7) is 0.622. The number of aliphatic carboxylic acids is 1. The number of carbonyl (C=O) groups is 1. The van der Waals surface area contributed by atoms with Gasteiger partial charge < -0.3 is 9.84 Å². The molecule has 1 aromatic rings. The number of carboxylic acids is 1. The molecule has 0 amide bonds. The van der Waals surface area contributed by atoms with Crippen molar-refractivity contribution in [3.05, 3.63) is 12.4 Å². The van der Waals surface area contributed by atoms with Crippen molar-refractivity contribution in [3.8, 4) is 0 Å². The third-order valence-corrected chi connectivity index (χ3v) is 3.95. The number of hydrogen-bond acceptors (Lipinski definition) is 5. The van der Waals surface area contributed by atoms with Gasteiger partial charge in [-0.15, -0.1) is 0 Å². The molecular weight excluding hydrogens is 286 g/mol. The van der Waals surface area contributed by atoms with Crippen molar-refractivity contribution in [1.29, 1.82) is 0 Å². The molecule has 0 unspecified atom stereocenters. The molecule has 0 aliphatic carbocycles. The molecule has 2 N–H and O–H groups in total. The van der Waals surface area contributed by atoms with E-state index in [0.717, 1.165) is 23.7 Å². The van der Waals surface area contributed by atoms with Crippen LogP contribution in [0.1, 0.15) is 19.3 Å². The fraction of sp³-hybridized carbons (Fsp3) is 0.636. The Morgan fingerprint density at radius 1 is 1.45 bits per heavy atom. The molecule has 0 aliphatic rings. The molecule has 1 rings (SSSR count). The lowest BCUT2D eigenvalue weighted by atomic mass is 10.2. The van der Waals surface area contributed by atoms with Gasteiger partial charge in [0.05, 0.1) is 6.20 Å². The summed E-state index contributed by atoms with van der Waals surface area (Å²) in [6.07, 6.45) is 4.80. The minimum absolute atomic E-state index is 0.0318. The molecule has 20 heavy (non-hydrogen) atoms. The molecule has 114 valence electrons. The van der Waals surface area contributed by atoms with E-state index in [1.54, 1.807) is 7.11 Å². The van der Waals surface area contributed by atoms with Crippen molar-refractivity contribution in [2.24, 2.45) is 0 Å². The Kier molecular flexibility index (Phi) is 6.62. The molecule has 0 saturated carbocycles. The third-order valence-electron chi connectivity index (χ3n) is 2.53. The molecule has 1 heterocycles. The van der Waals surface area contributed by atoms with Crippen molar-refractivity contribution in [2.45, 2.75) is 30.7 Å². The van der Waals surface area contributed by atoms with Gasteiger partial charge in [0.1, 0.15) is 11.4 Å². The van der Waals surface area contributed by atoms with Gasteiger partial charge in [0.15, 0.2) is 0 Å². The highest BCUT2D eigenvalue weighted by atomic mass is 32.2. The lowest BCUT2D eigenvalue weighted by Crippen LogP contribution is -2.24. The molecule has 0 radical (unpaired) electrons. The van der Waals surface area contributed by atoms with Gasteiger partial charge in [0, 0.05) is 26.5 Å². The third kappa shape index (κ3) is 5.68. The Bertz CT molecular complexity index is 526. The van der Waals surface area contributed by atoms with Gasteiger partial charge in [-0.2, -0.15) is 5.10 Å². The number of nitrogens with one attached hydrogen (secondary N) is 1. The van der Waals surface area contributed by atoms with Crippen molar-refractivity contribution in [2.75, 3.05) is 20.3 Å². The molecule has 0 aliphatic heterocycles. The summed E-state index contributed by atoms with van der Waals surface area (Å²) in [5, 5.41) is 12.3. The fourth-order valence-electron chi connectivity index (χ4n) is 1.55. The van der Waals surface area contributed by atoms with E-state index in [-0.39, 0.29) is 11.4 Å². The maximum Gasteiger partial charge on any atom is 0.325 e. The summed E-state index contributed by atoms with van der Waals surface area (Å²) < 4.78 is 32.2. The molecule has 0 bridgehead atoms. The summed E-state index contributed by atoms with van der Waals surface area (Å²) in [4.78, 5) is 10.5. The summed E-state index contributed by atoms with van der Waals surface area (Å²) >= 11 is 0. The number of ether oxygens (including phenoxy) is 1. The second-order valence-electron chi connectivity index (χ2n) is 4.22. The molecule has 0 atom stereocenters. The minimum Gasteiger partial charge on any atom is -0.480 e. The Morgan fingerprint density at radius 2 is 2.20 bits per heavy atom. The van der Waals surface area contributed by atoms with E-state index in [1.165, 1.54) is 6.20 Å². The predicted octanol–water partition coefficient (Wildman–Crippen LogP) is 0.0627. The van der Waals surface area contributed by atoms with Crippen LogP contribution in [0.25, 0.3) is 0 Å². The van der Waals surface area contributed by atoms with Crippen molar-refractivity contribution in [1.82, 2.24) is 14.5 Å². The van der Waals surface area contributed by atoms with E-state index in [4.69, 9.17) is 9.84 Å². The van der Waals surface area contributed by atoms with Gasteiger partial charge in [-0.1, -0.05) is 0 Å². The van der Waals surface area contributed by atoms with Crippen molar-refractivity contribution < 1.29 is 23.1 Å². The lowest BCUT2D eigenvalue weighted by Gasteiger charge is -2.04.